The molecule has 100 valence electrons. The average Bonchev–Trinajstić information content (AvgIpc) is 2.74. The van der Waals surface area contributed by atoms with Crippen molar-refractivity contribution < 1.29 is 5.11 Å². The molecule has 0 bridgehead atoms. The molecule has 1 fully saturated rings. The maximum absolute atomic E-state index is 9.43. The Labute approximate surface area is 117 Å². The summed E-state index contributed by atoms with van der Waals surface area (Å²) in [7, 11) is 0. The van der Waals surface area contributed by atoms with Gasteiger partial charge in [0, 0.05) is 10.9 Å². The highest BCUT2D eigenvalue weighted by Crippen LogP contribution is 2.38. The summed E-state index contributed by atoms with van der Waals surface area (Å²) in [5.41, 5.74) is 3.77. The van der Waals surface area contributed by atoms with Gasteiger partial charge in [-0.2, -0.15) is 0 Å². The second-order valence-electron chi connectivity index (χ2n) is 5.05. The van der Waals surface area contributed by atoms with Gasteiger partial charge in [-0.25, -0.2) is 4.68 Å². The monoisotopic (exact) mass is 277 g/mol. The van der Waals surface area contributed by atoms with Crippen molar-refractivity contribution in [2.45, 2.75) is 38.7 Å². The van der Waals surface area contributed by atoms with E-state index in [-0.39, 0.29) is 6.61 Å². The Balaban J connectivity index is 2.14. The van der Waals surface area contributed by atoms with Crippen LogP contribution in [0.25, 0.3) is 5.69 Å². The normalized spacial score (nSPS) is 15.5. The highest BCUT2D eigenvalue weighted by molar-refractivity contribution is 6.30. The van der Waals surface area contributed by atoms with Crippen LogP contribution in [0.3, 0.4) is 0 Å². The van der Waals surface area contributed by atoms with E-state index in [1.54, 1.807) is 0 Å². The van der Waals surface area contributed by atoms with Crippen molar-refractivity contribution in [1.29, 1.82) is 0 Å². The zero-order valence-electron chi connectivity index (χ0n) is 10.8. The molecule has 1 N–H and O–H groups in total. The van der Waals surface area contributed by atoms with Gasteiger partial charge in [0.05, 0.1) is 18.0 Å². The standard InChI is InChI=1S/C14H16ClN3O/c1-9-5-6-11(15)7-13(9)18-14(10-3-2-4-10)12(8-19)16-17-18/h5-7,10,19H,2-4,8H2,1H3. The summed E-state index contributed by atoms with van der Waals surface area (Å²) in [6.07, 6.45) is 3.51. The first-order chi connectivity index (χ1) is 9.20. The number of aromatic nitrogens is 3. The summed E-state index contributed by atoms with van der Waals surface area (Å²) in [6, 6.07) is 5.74. The average molecular weight is 278 g/mol. The molecule has 1 aromatic heterocycles. The van der Waals surface area contributed by atoms with E-state index >= 15 is 0 Å². The van der Waals surface area contributed by atoms with Crippen molar-refractivity contribution in [3.05, 3.63) is 40.2 Å². The summed E-state index contributed by atoms with van der Waals surface area (Å²) >= 11 is 6.08. The molecule has 3 rings (SSSR count). The fraction of sp³-hybridized carbons (Fsp3) is 0.429. The second-order valence-corrected chi connectivity index (χ2v) is 5.49. The minimum atomic E-state index is -0.0640. The number of hydrogen-bond donors (Lipinski definition) is 1. The van der Waals surface area contributed by atoms with Crippen LogP contribution in [0.15, 0.2) is 18.2 Å². The first-order valence-corrected chi connectivity index (χ1v) is 6.90. The van der Waals surface area contributed by atoms with Gasteiger partial charge in [-0.05, 0) is 37.5 Å². The SMILES string of the molecule is Cc1ccc(Cl)cc1-n1nnc(CO)c1C1CCC1. The predicted octanol–water partition coefficient (Wildman–Crippen LogP) is 2.99. The van der Waals surface area contributed by atoms with Crippen LogP contribution >= 0.6 is 11.6 Å². The van der Waals surface area contributed by atoms with Gasteiger partial charge in [-0.3, -0.25) is 0 Å². The maximum atomic E-state index is 9.43. The van der Waals surface area contributed by atoms with Crippen molar-refractivity contribution in [3.8, 4) is 5.69 Å². The molecule has 0 unspecified atom stereocenters. The van der Waals surface area contributed by atoms with E-state index in [0.717, 1.165) is 29.8 Å². The molecule has 1 saturated carbocycles. The molecule has 0 atom stereocenters. The largest absolute Gasteiger partial charge is 0.390 e. The molecule has 1 aliphatic rings. The minimum Gasteiger partial charge on any atom is -0.390 e. The second kappa shape index (κ2) is 4.94. The smallest absolute Gasteiger partial charge is 0.112 e. The quantitative estimate of drug-likeness (QED) is 0.938. The van der Waals surface area contributed by atoms with E-state index in [9.17, 15) is 5.11 Å². The third-order valence-electron chi connectivity index (χ3n) is 3.82. The molecule has 1 heterocycles. The Kier molecular flexibility index (Phi) is 3.29. The molecule has 4 nitrogen and oxygen atoms in total. The Hall–Kier alpha value is -1.39. The number of hydrogen-bond acceptors (Lipinski definition) is 3. The lowest BCUT2D eigenvalue weighted by atomic mass is 9.82. The van der Waals surface area contributed by atoms with E-state index in [0.29, 0.717) is 16.6 Å². The number of rotatable bonds is 3. The van der Waals surface area contributed by atoms with Crippen molar-refractivity contribution in [2.24, 2.45) is 0 Å². The number of aryl methyl sites for hydroxylation is 1. The summed E-state index contributed by atoms with van der Waals surface area (Å²) < 4.78 is 1.84. The molecule has 0 radical (unpaired) electrons. The first kappa shape index (κ1) is 12.6. The van der Waals surface area contributed by atoms with Gasteiger partial charge in [-0.1, -0.05) is 29.3 Å². The van der Waals surface area contributed by atoms with Gasteiger partial charge >= 0.3 is 0 Å². The van der Waals surface area contributed by atoms with Gasteiger partial charge in [-0.15, -0.1) is 5.10 Å². The zero-order valence-corrected chi connectivity index (χ0v) is 11.6. The fourth-order valence-electron chi connectivity index (χ4n) is 2.51. The first-order valence-electron chi connectivity index (χ1n) is 6.52. The van der Waals surface area contributed by atoms with Crippen LogP contribution < -0.4 is 0 Å². The molecule has 5 heteroatoms. The molecule has 0 saturated heterocycles. The van der Waals surface area contributed by atoms with Crippen LogP contribution in [0.2, 0.25) is 5.02 Å². The van der Waals surface area contributed by atoms with Crippen LogP contribution in [0.4, 0.5) is 0 Å². The molecule has 0 aliphatic heterocycles. The van der Waals surface area contributed by atoms with Crippen molar-refractivity contribution in [2.75, 3.05) is 0 Å². The van der Waals surface area contributed by atoms with E-state index in [1.165, 1.54) is 6.42 Å². The molecular weight excluding hydrogens is 262 g/mol. The molecule has 1 aromatic carbocycles. The van der Waals surface area contributed by atoms with Gasteiger partial charge in [0.25, 0.3) is 0 Å². The molecular formula is C14H16ClN3O. The summed E-state index contributed by atoms with van der Waals surface area (Å²) in [5.74, 6) is 0.454. The number of aliphatic hydroxyl groups is 1. The summed E-state index contributed by atoms with van der Waals surface area (Å²) in [6.45, 7) is 1.96. The number of nitrogens with zero attached hydrogens (tertiary/aromatic N) is 3. The lowest BCUT2D eigenvalue weighted by Crippen LogP contribution is -2.16. The fourth-order valence-corrected chi connectivity index (χ4v) is 2.68. The van der Waals surface area contributed by atoms with Crippen LogP contribution in [0, 0.1) is 6.92 Å². The van der Waals surface area contributed by atoms with Crippen LogP contribution in [-0.4, -0.2) is 20.1 Å². The third-order valence-corrected chi connectivity index (χ3v) is 4.05. The van der Waals surface area contributed by atoms with Crippen molar-refractivity contribution in [3.63, 3.8) is 0 Å². The highest BCUT2D eigenvalue weighted by atomic mass is 35.5. The number of halogens is 1. The molecule has 0 spiro atoms. The van der Waals surface area contributed by atoms with Crippen molar-refractivity contribution >= 4 is 11.6 Å². The van der Waals surface area contributed by atoms with E-state index in [1.807, 2.05) is 29.8 Å². The molecule has 1 aliphatic carbocycles. The molecule has 2 aromatic rings. The highest BCUT2D eigenvalue weighted by Gasteiger charge is 2.28. The van der Waals surface area contributed by atoms with Gasteiger partial charge in [0.2, 0.25) is 0 Å². The van der Waals surface area contributed by atoms with Crippen LogP contribution in [0.5, 0.6) is 0 Å². The maximum Gasteiger partial charge on any atom is 0.112 e. The molecule has 19 heavy (non-hydrogen) atoms. The van der Waals surface area contributed by atoms with Gasteiger partial charge in [0.1, 0.15) is 5.69 Å². The van der Waals surface area contributed by atoms with Crippen LogP contribution in [-0.2, 0) is 6.61 Å². The Bertz CT molecular complexity index is 605. The molecule has 0 amide bonds. The minimum absolute atomic E-state index is 0.0640. The van der Waals surface area contributed by atoms with E-state index < -0.39 is 0 Å². The Morgan fingerprint density at radius 2 is 2.21 bits per heavy atom. The van der Waals surface area contributed by atoms with Gasteiger partial charge < -0.3 is 5.11 Å². The Morgan fingerprint density at radius 3 is 2.84 bits per heavy atom. The number of benzene rings is 1. The van der Waals surface area contributed by atoms with Crippen molar-refractivity contribution in [1.82, 2.24) is 15.0 Å². The zero-order chi connectivity index (χ0) is 13.4. The topological polar surface area (TPSA) is 50.9 Å². The van der Waals surface area contributed by atoms with E-state index in [4.69, 9.17) is 11.6 Å². The third kappa shape index (κ3) is 2.15. The summed E-state index contributed by atoms with van der Waals surface area (Å²) in [4.78, 5) is 0. The van der Waals surface area contributed by atoms with Gasteiger partial charge in [0.15, 0.2) is 0 Å². The predicted molar refractivity (Wildman–Crippen MR) is 73.6 cm³/mol. The van der Waals surface area contributed by atoms with Crippen LogP contribution in [0.1, 0.15) is 42.1 Å². The lowest BCUT2D eigenvalue weighted by Gasteiger charge is -2.26. The summed E-state index contributed by atoms with van der Waals surface area (Å²) in [5, 5.41) is 18.4. The number of aliphatic hydroxyl groups excluding tert-OH is 1. The van der Waals surface area contributed by atoms with E-state index in [2.05, 4.69) is 10.3 Å². The lowest BCUT2D eigenvalue weighted by molar-refractivity contribution is 0.272. The Morgan fingerprint density at radius 1 is 1.42 bits per heavy atom.